The Labute approximate surface area is 200 Å². The van der Waals surface area contributed by atoms with E-state index < -0.39 is 36.5 Å². The highest BCUT2D eigenvalue weighted by Gasteiger charge is 2.58. The number of alkyl halides is 5. The molecule has 0 radical (unpaired) electrons. The number of hydrogen-bond donors (Lipinski definition) is 1. The number of halogens is 6. The van der Waals surface area contributed by atoms with E-state index in [1.165, 1.54) is 21.9 Å². The van der Waals surface area contributed by atoms with Gasteiger partial charge in [0.2, 0.25) is 0 Å². The van der Waals surface area contributed by atoms with Crippen LogP contribution < -0.4 is 4.74 Å². The molecule has 0 bridgehead atoms. The Hall–Kier alpha value is -2.01. The third-order valence-corrected chi connectivity index (χ3v) is 7.43. The van der Waals surface area contributed by atoms with Crippen molar-refractivity contribution in [2.24, 2.45) is 17.8 Å². The molecule has 196 valence electrons. The number of hydrogen-bond acceptors (Lipinski definition) is 4. The van der Waals surface area contributed by atoms with Gasteiger partial charge in [0.25, 0.3) is 5.91 Å². The Balaban J connectivity index is 1.17. The molecule has 2 saturated heterocycles. The maximum atomic E-state index is 14.5. The fourth-order valence-corrected chi connectivity index (χ4v) is 5.27. The lowest BCUT2D eigenvalue weighted by Gasteiger charge is -2.34. The van der Waals surface area contributed by atoms with Gasteiger partial charge in [0.15, 0.2) is 0 Å². The van der Waals surface area contributed by atoms with Crippen LogP contribution in [0.3, 0.4) is 0 Å². The van der Waals surface area contributed by atoms with E-state index in [9.17, 15) is 36.2 Å². The molecule has 1 aromatic rings. The Bertz CT molecular complexity index is 904. The molecule has 1 unspecified atom stereocenters. The summed E-state index contributed by atoms with van der Waals surface area (Å²) >= 11 is 0. The van der Waals surface area contributed by atoms with Crippen molar-refractivity contribution in [1.29, 1.82) is 0 Å². The summed E-state index contributed by atoms with van der Waals surface area (Å²) in [5.41, 5.74) is -0.0620. The molecule has 3 atom stereocenters. The van der Waals surface area contributed by atoms with Crippen molar-refractivity contribution in [1.82, 2.24) is 9.80 Å². The normalized spacial score (nSPS) is 26.3. The fraction of sp³-hybridized carbons (Fsp3) is 0.708. The molecular formula is C24H30F6N2O3. The zero-order valence-corrected chi connectivity index (χ0v) is 19.2. The average molecular weight is 509 g/mol. The Morgan fingerprint density at radius 1 is 1.09 bits per heavy atom. The molecule has 1 N–H and O–H groups in total. The number of rotatable bonds is 8. The maximum Gasteiger partial charge on any atom is 0.454 e. The van der Waals surface area contributed by atoms with Crippen molar-refractivity contribution in [2.75, 3.05) is 39.3 Å². The van der Waals surface area contributed by atoms with Gasteiger partial charge >= 0.3 is 12.1 Å². The van der Waals surface area contributed by atoms with Crippen LogP contribution in [-0.4, -0.2) is 78.3 Å². The van der Waals surface area contributed by atoms with E-state index in [2.05, 4.69) is 0 Å². The molecule has 5 nitrogen and oxygen atoms in total. The number of amides is 1. The number of β-amino-alcohol motifs (C(OH)–C–C–N with tert-alkyl or cyclic N) is 1. The molecule has 3 aliphatic rings. The molecule has 1 saturated carbocycles. The number of nitrogens with zero attached hydrogens (tertiary/aromatic N) is 2. The van der Waals surface area contributed by atoms with E-state index in [1.54, 1.807) is 6.07 Å². The van der Waals surface area contributed by atoms with Crippen LogP contribution in [0.2, 0.25) is 0 Å². The summed E-state index contributed by atoms with van der Waals surface area (Å²) in [5.74, 6) is -4.40. The van der Waals surface area contributed by atoms with Crippen molar-refractivity contribution >= 4 is 5.91 Å². The average Bonchev–Trinajstić information content (AvgIpc) is 3.42. The van der Waals surface area contributed by atoms with E-state index in [1.807, 2.05) is 0 Å². The highest BCUT2D eigenvalue weighted by Crippen LogP contribution is 2.50. The number of likely N-dealkylation sites (tertiary alicyclic amines) is 2. The van der Waals surface area contributed by atoms with Gasteiger partial charge < -0.3 is 14.7 Å². The standard InChI is InChI=1S/C24H30F6N2O3/c25-21-12-18(1-2-19(21)22(34)32-9-5-17(33)13-32)35-10-6-16-11-20(16)15-3-7-31(8-4-15)14-23(26,27)24(28,29)30/h1-2,12,15-17,20,33H,3-11,13-14H2/t16-,17?,20-/m1/s1. The van der Waals surface area contributed by atoms with E-state index in [0.717, 1.165) is 12.8 Å². The zero-order valence-electron chi connectivity index (χ0n) is 19.2. The second-order valence-electron chi connectivity index (χ2n) is 9.95. The van der Waals surface area contributed by atoms with Crippen LogP contribution in [0, 0.1) is 23.6 Å². The molecule has 0 aromatic heterocycles. The van der Waals surface area contributed by atoms with Crippen molar-refractivity contribution in [3.63, 3.8) is 0 Å². The third-order valence-electron chi connectivity index (χ3n) is 7.43. The molecule has 35 heavy (non-hydrogen) atoms. The lowest BCUT2D eigenvalue weighted by molar-refractivity contribution is -0.287. The summed E-state index contributed by atoms with van der Waals surface area (Å²) in [6, 6.07) is 4.10. The van der Waals surface area contributed by atoms with E-state index in [4.69, 9.17) is 4.74 Å². The van der Waals surface area contributed by atoms with Gasteiger partial charge in [-0.1, -0.05) is 0 Å². The third kappa shape index (κ3) is 6.22. The number of aliphatic hydroxyl groups excluding tert-OH is 1. The molecule has 4 rings (SSSR count). The van der Waals surface area contributed by atoms with Crippen LogP contribution in [-0.2, 0) is 0 Å². The van der Waals surface area contributed by atoms with Gasteiger partial charge in [0.1, 0.15) is 11.6 Å². The predicted octanol–water partition coefficient (Wildman–Crippen LogP) is 4.35. The number of carbonyl (C=O) groups excluding carboxylic acids is 1. The summed E-state index contributed by atoms with van der Waals surface area (Å²) < 4.78 is 83.9. The van der Waals surface area contributed by atoms with Gasteiger partial charge in [0.05, 0.1) is 24.8 Å². The van der Waals surface area contributed by atoms with Crippen LogP contribution in [0.15, 0.2) is 18.2 Å². The van der Waals surface area contributed by atoms with E-state index in [-0.39, 0.29) is 25.2 Å². The zero-order chi connectivity index (χ0) is 25.4. The first kappa shape index (κ1) is 26.1. The minimum atomic E-state index is -5.53. The van der Waals surface area contributed by atoms with Crippen LogP contribution in [0.5, 0.6) is 5.75 Å². The maximum absolute atomic E-state index is 14.5. The highest BCUT2D eigenvalue weighted by atomic mass is 19.4. The quantitative estimate of drug-likeness (QED) is 0.531. The number of benzene rings is 1. The lowest BCUT2D eigenvalue weighted by atomic mass is 9.90. The van der Waals surface area contributed by atoms with Gasteiger partial charge in [-0.05, 0) is 75.1 Å². The summed E-state index contributed by atoms with van der Waals surface area (Å²) in [6.45, 7) is 0.125. The molecule has 11 heteroatoms. The first-order chi connectivity index (χ1) is 16.4. The summed E-state index contributed by atoms with van der Waals surface area (Å²) in [7, 11) is 0. The summed E-state index contributed by atoms with van der Waals surface area (Å²) in [5, 5.41) is 9.56. The Morgan fingerprint density at radius 2 is 1.80 bits per heavy atom. The monoisotopic (exact) mass is 508 g/mol. The number of carbonyl (C=O) groups is 1. The van der Waals surface area contributed by atoms with Gasteiger partial charge in [0, 0.05) is 19.2 Å². The number of piperidine rings is 1. The van der Waals surface area contributed by atoms with Crippen LogP contribution >= 0.6 is 0 Å². The Kier molecular flexibility index (Phi) is 7.57. The molecule has 1 aliphatic carbocycles. The number of ether oxygens (including phenoxy) is 1. The van der Waals surface area contributed by atoms with Crippen LogP contribution in [0.25, 0.3) is 0 Å². The molecule has 2 aliphatic heterocycles. The van der Waals surface area contributed by atoms with Crippen LogP contribution in [0.1, 0.15) is 42.5 Å². The SMILES string of the molecule is O=C(c1ccc(OCC[C@@H]2C[C@@H]2C2CCN(CC(F)(F)C(F)(F)F)CC2)cc1F)N1CCC(O)C1. The Morgan fingerprint density at radius 3 is 2.40 bits per heavy atom. The largest absolute Gasteiger partial charge is 0.493 e. The predicted molar refractivity (Wildman–Crippen MR) is 115 cm³/mol. The second kappa shape index (κ2) is 10.2. The highest BCUT2D eigenvalue weighted by molar-refractivity contribution is 5.94. The van der Waals surface area contributed by atoms with Gasteiger partial charge in [-0.15, -0.1) is 0 Å². The van der Waals surface area contributed by atoms with Gasteiger partial charge in [-0.25, -0.2) is 4.39 Å². The molecule has 0 spiro atoms. The molecule has 1 aromatic carbocycles. The van der Waals surface area contributed by atoms with Crippen molar-refractivity contribution in [3.8, 4) is 5.75 Å². The lowest BCUT2D eigenvalue weighted by Crippen LogP contribution is -2.49. The molecule has 3 fully saturated rings. The topological polar surface area (TPSA) is 53.0 Å². The smallest absolute Gasteiger partial charge is 0.454 e. The minimum Gasteiger partial charge on any atom is -0.493 e. The van der Waals surface area contributed by atoms with Gasteiger partial charge in [-0.2, -0.15) is 22.0 Å². The van der Waals surface area contributed by atoms with Crippen molar-refractivity contribution in [2.45, 2.75) is 50.3 Å². The van der Waals surface area contributed by atoms with Crippen molar-refractivity contribution < 1.29 is 41.0 Å². The fourth-order valence-electron chi connectivity index (χ4n) is 5.27. The first-order valence-corrected chi connectivity index (χ1v) is 12.0. The second-order valence-corrected chi connectivity index (χ2v) is 9.95. The number of aliphatic hydroxyl groups is 1. The summed E-state index contributed by atoms with van der Waals surface area (Å²) in [4.78, 5) is 15.0. The van der Waals surface area contributed by atoms with E-state index in [0.29, 0.717) is 55.9 Å². The first-order valence-electron chi connectivity index (χ1n) is 12.0. The van der Waals surface area contributed by atoms with Crippen molar-refractivity contribution in [3.05, 3.63) is 29.6 Å². The molecular weight excluding hydrogens is 478 g/mol. The minimum absolute atomic E-state index is 0.0620. The molecule has 1 amide bonds. The van der Waals surface area contributed by atoms with Gasteiger partial charge in [-0.3, -0.25) is 9.69 Å². The van der Waals surface area contributed by atoms with Crippen LogP contribution in [0.4, 0.5) is 26.3 Å². The summed E-state index contributed by atoms with van der Waals surface area (Å²) in [6.07, 6.45) is -2.72. The van der Waals surface area contributed by atoms with E-state index >= 15 is 0 Å². The molecule has 2 heterocycles.